The van der Waals surface area contributed by atoms with Crippen molar-refractivity contribution in [1.82, 2.24) is 0 Å². The van der Waals surface area contributed by atoms with Gasteiger partial charge in [-0.25, -0.2) is 0 Å². The number of hydrogen-bond acceptors (Lipinski definition) is 3. The largest absolute Gasteiger partial charge is 0.399 e. The van der Waals surface area contributed by atoms with E-state index in [0.29, 0.717) is 11.4 Å². The standard InChI is InChI=1S/C11H17N3O/c1-7(2)10(13)11(15)14-9-5-3-8(12)4-6-9/h3-7,10H,12-13H2,1-2H3,(H,14,15). The summed E-state index contributed by atoms with van der Waals surface area (Å²) in [6, 6.07) is 6.48. The Labute approximate surface area is 89.6 Å². The number of rotatable bonds is 3. The Kier molecular flexibility index (Phi) is 3.68. The fourth-order valence-corrected chi connectivity index (χ4v) is 1.09. The van der Waals surface area contributed by atoms with Crippen LogP contribution in [0.2, 0.25) is 0 Å². The van der Waals surface area contributed by atoms with Gasteiger partial charge >= 0.3 is 0 Å². The lowest BCUT2D eigenvalue weighted by atomic mass is 10.0. The van der Waals surface area contributed by atoms with Gasteiger partial charge in [0.05, 0.1) is 6.04 Å². The molecular formula is C11H17N3O. The fourth-order valence-electron chi connectivity index (χ4n) is 1.09. The predicted octanol–water partition coefficient (Wildman–Crippen LogP) is 1.19. The average Bonchev–Trinajstić information content (AvgIpc) is 2.20. The summed E-state index contributed by atoms with van der Waals surface area (Å²) in [6.45, 7) is 3.82. The number of carbonyl (C=O) groups excluding carboxylic acids is 1. The molecule has 4 nitrogen and oxygen atoms in total. The van der Waals surface area contributed by atoms with E-state index in [2.05, 4.69) is 5.32 Å². The zero-order valence-electron chi connectivity index (χ0n) is 9.03. The van der Waals surface area contributed by atoms with Crippen LogP contribution in [0.1, 0.15) is 13.8 Å². The quantitative estimate of drug-likeness (QED) is 0.651. The van der Waals surface area contributed by atoms with E-state index >= 15 is 0 Å². The maximum atomic E-state index is 11.6. The third-order valence-corrected chi connectivity index (χ3v) is 2.20. The molecule has 0 aliphatic rings. The second kappa shape index (κ2) is 4.79. The van der Waals surface area contributed by atoms with Gasteiger partial charge in [0.15, 0.2) is 0 Å². The minimum Gasteiger partial charge on any atom is -0.399 e. The van der Waals surface area contributed by atoms with Crippen LogP contribution in [0.3, 0.4) is 0 Å². The highest BCUT2D eigenvalue weighted by atomic mass is 16.2. The maximum absolute atomic E-state index is 11.6. The zero-order valence-corrected chi connectivity index (χ0v) is 9.03. The minimum absolute atomic E-state index is 0.124. The topological polar surface area (TPSA) is 81.1 Å². The summed E-state index contributed by atoms with van der Waals surface area (Å²) >= 11 is 0. The number of carbonyl (C=O) groups is 1. The van der Waals surface area contributed by atoms with Crippen LogP contribution in [0.25, 0.3) is 0 Å². The van der Waals surface area contributed by atoms with E-state index in [-0.39, 0.29) is 11.8 Å². The number of nitrogens with one attached hydrogen (secondary N) is 1. The van der Waals surface area contributed by atoms with Gasteiger partial charge in [-0.15, -0.1) is 0 Å². The molecule has 0 aliphatic carbocycles. The summed E-state index contributed by atoms with van der Waals surface area (Å²) in [5.74, 6) is -0.0476. The predicted molar refractivity (Wildman–Crippen MR) is 62.3 cm³/mol. The molecule has 4 heteroatoms. The van der Waals surface area contributed by atoms with E-state index in [1.165, 1.54) is 0 Å². The lowest BCUT2D eigenvalue weighted by Gasteiger charge is -2.15. The third-order valence-electron chi connectivity index (χ3n) is 2.20. The summed E-state index contributed by atoms with van der Waals surface area (Å²) in [7, 11) is 0. The minimum atomic E-state index is -0.484. The third kappa shape index (κ3) is 3.25. The summed E-state index contributed by atoms with van der Waals surface area (Å²) in [6.07, 6.45) is 0. The van der Waals surface area contributed by atoms with Crippen LogP contribution in [0.4, 0.5) is 11.4 Å². The molecule has 15 heavy (non-hydrogen) atoms. The molecule has 0 aromatic heterocycles. The maximum Gasteiger partial charge on any atom is 0.241 e. The molecule has 0 radical (unpaired) electrons. The second-order valence-corrected chi connectivity index (χ2v) is 3.88. The highest BCUT2D eigenvalue weighted by molar-refractivity contribution is 5.94. The van der Waals surface area contributed by atoms with Crippen LogP contribution in [-0.4, -0.2) is 11.9 Å². The molecule has 1 rings (SSSR count). The van der Waals surface area contributed by atoms with E-state index in [0.717, 1.165) is 0 Å². The summed E-state index contributed by atoms with van der Waals surface area (Å²) in [4.78, 5) is 11.6. The van der Waals surface area contributed by atoms with Crippen molar-refractivity contribution in [2.45, 2.75) is 19.9 Å². The van der Waals surface area contributed by atoms with Crippen LogP contribution in [0.5, 0.6) is 0 Å². The van der Waals surface area contributed by atoms with Crippen molar-refractivity contribution in [3.63, 3.8) is 0 Å². The summed E-state index contributed by atoms with van der Waals surface area (Å²) in [5, 5.41) is 2.73. The number of amides is 1. The van der Waals surface area contributed by atoms with Crippen LogP contribution < -0.4 is 16.8 Å². The molecule has 1 amide bonds. The lowest BCUT2D eigenvalue weighted by molar-refractivity contribution is -0.118. The molecule has 82 valence electrons. The molecule has 5 N–H and O–H groups in total. The van der Waals surface area contributed by atoms with Crippen molar-refractivity contribution < 1.29 is 4.79 Å². The van der Waals surface area contributed by atoms with Gasteiger partial charge in [0.1, 0.15) is 0 Å². The van der Waals surface area contributed by atoms with Gasteiger partial charge in [0.2, 0.25) is 5.91 Å². The van der Waals surface area contributed by atoms with Crippen molar-refractivity contribution in [3.05, 3.63) is 24.3 Å². The Morgan fingerprint density at radius 2 is 1.80 bits per heavy atom. The number of benzene rings is 1. The van der Waals surface area contributed by atoms with Crippen LogP contribution in [0.15, 0.2) is 24.3 Å². The Balaban J connectivity index is 2.62. The van der Waals surface area contributed by atoms with Crippen LogP contribution >= 0.6 is 0 Å². The van der Waals surface area contributed by atoms with E-state index in [1.54, 1.807) is 24.3 Å². The zero-order chi connectivity index (χ0) is 11.4. The summed E-state index contributed by atoms with van der Waals surface area (Å²) < 4.78 is 0. The highest BCUT2D eigenvalue weighted by Crippen LogP contribution is 2.11. The van der Waals surface area contributed by atoms with E-state index in [4.69, 9.17) is 11.5 Å². The first kappa shape index (κ1) is 11.5. The number of nitrogens with two attached hydrogens (primary N) is 2. The number of anilines is 2. The van der Waals surface area contributed by atoms with Gasteiger partial charge in [0.25, 0.3) is 0 Å². The Morgan fingerprint density at radius 3 is 2.27 bits per heavy atom. The van der Waals surface area contributed by atoms with Crippen molar-refractivity contribution in [1.29, 1.82) is 0 Å². The van der Waals surface area contributed by atoms with E-state index in [9.17, 15) is 4.79 Å². The van der Waals surface area contributed by atoms with Crippen LogP contribution in [0, 0.1) is 5.92 Å². The Bertz CT molecular complexity index is 332. The molecule has 1 aromatic carbocycles. The molecule has 0 fully saturated rings. The monoisotopic (exact) mass is 207 g/mol. The number of hydrogen-bond donors (Lipinski definition) is 3. The van der Waals surface area contributed by atoms with Gasteiger partial charge in [-0.05, 0) is 30.2 Å². The average molecular weight is 207 g/mol. The smallest absolute Gasteiger partial charge is 0.241 e. The Hall–Kier alpha value is -1.55. The molecule has 0 aliphatic heterocycles. The van der Waals surface area contributed by atoms with Gasteiger partial charge in [-0.3, -0.25) is 4.79 Å². The first-order chi connectivity index (χ1) is 7.00. The van der Waals surface area contributed by atoms with E-state index < -0.39 is 6.04 Å². The van der Waals surface area contributed by atoms with Gasteiger partial charge in [-0.1, -0.05) is 13.8 Å². The van der Waals surface area contributed by atoms with Crippen molar-refractivity contribution in [2.75, 3.05) is 11.1 Å². The number of nitrogen functional groups attached to an aromatic ring is 1. The van der Waals surface area contributed by atoms with Gasteiger partial charge in [0, 0.05) is 11.4 Å². The van der Waals surface area contributed by atoms with Gasteiger partial charge < -0.3 is 16.8 Å². The van der Waals surface area contributed by atoms with E-state index in [1.807, 2.05) is 13.8 Å². The molecule has 1 aromatic rings. The molecule has 0 heterocycles. The first-order valence-corrected chi connectivity index (χ1v) is 4.92. The molecule has 0 saturated heterocycles. The molecular weight excluding hydrogens is 190 g/mol. The molecule has 1 atom stereocenters. The fraction of sp³-hybridized carbons (Fsp3) is 0.364. The Morgan fingerprint density at radius 1 is 1.27 bits per heavy atom. The van der Waals surface area contributed by atoms with Crippen LogP contribution in [-0.2, 0) is 4.79 Å². The normalized spacial score (nSPS) is 12.5. The van der Waals surface area contributed by atoms with Gasteiger partial charge in [-0.2, -0.15) is 0 Å². The van der Waals surface area contributed by atoms with Crippen molar-refractivity contribution in [3.8, 4) is 0 Å². The summed E-state index contributed by atoms with van der Waals surface area (Å²) in [5.41, 5.74) is 12.6. The molecule has 0 bridgehead atoms. The van der Waals surface area contributed by atoms with Crippen molar-refractivity contribution in [2.24, 2.45) is 11.7 Å². The molecule has 1 unspecified atom stereocenters. The molecule has 0 saturated carbocycles. The lowest BCUT2D eigenvalue weighted by Crippen LogP contribution is -2.39. The highest BCUT2D eigenvalue weighted by Gasteiger charge is 2.16. The van der Waals surface area contributed by atoms with Crippen molar-refractivity contribution >= 4 is 17.3 Å². The second-order valence-electron chi connectivity index (χ2n) is 3.88. The molecule has 0 spiro atoms. The first-order valence-electron chi connectivity index (χ1n) is 4.92. The SMILES string of the molecule is CC(C)C(N)C(=O)Nc1ccc(N)cc1.